The van der Waals surface area contributed by atoms with E-state index in [1.165, 1.54) is 347 Å². The number of amides is 1. The Kier molecular flexibility index (Phi) is 64.8. The van der Waals surface area contributed by atoms with Gasteiger partial charge in [0.15, 0.2) is 12.6 Å². The number of hydrogen-bond acceptors (Lipinski definition) is 13. The van der Waals surface area contributed by atoms with E-state index in [4.69, 9.17) is 18.9 Å². The molecule has 2 rings (SSSR count). The molecule has 12 atom stereocenters. The molecule has 2 saturated heterocycles. The number of rotatable bonds is 73. The molecule has 0 aromatic carbocycles. The van der Waals surface area contributed by atoms with Crippen LogP contribution in [0, 0.1) is 0 Å². The Bertz CT molecular complexity index is 1740. The van der Waals surface area contributed by atoms with Crippen LogP contribution in [0.1, 0.15) is 412 Å². The molecule has 0 saturated carbocycles. The standard InChI is InChI=1S/C84H161NO13/c1-3-5-7-9-11-13-15-17-19-21-23-25-27-29-31-32-33-34-35-36-37-38-39-40-42-44-46-48-50-52-54-56-58-60-62-64-66-68-76(89)85-72(71-95-83-81(94)79(92)82(75(70-87)97-83)98-84-80(93)78(91)77(90)74(69-86)96-84)73(88)67-65-63-61-59-57-55-53-51-49-47-45-43-41-30-28-26-24-22-20-18-16-14-12-10-8-6-4-2/h57,59,65,67,72-75,77-84,86-88,90-94H,3-56,58,60-64,66,68-71H2,1-2H3,(H,85,89)/b59-57+,67-65+. The summed E-state index contributed by atoms with van der Waals surface area (Å²) in [6, 6.07) is -0.931. The average molecular weight is 1390 g/mol. The van der Waals surface area contributed by atoms with E-state index < -0.39 is 86.8 Å². The number of nitrogens with one attached hydrogen (secondary N) is 1. The van der Waals surface area contributed by atoms with Gasteiger partial charge in [0.05, 0.1) is 32.0 Å². The first kappa shape index (κ1) is 92.6. The number of hydrogen-bond donors (Lipinski definition) is 9. The van der Waals surface area contributed by atoms with Gasteiger partial charge in [0.25, 0.3) is 0 Å². The van der Waals surface area contributed by atoms with Gasteiger partial charge in [0.1, 0.15) is 48.8 Å². The fraction of sp³-hybridized carbons (Fsp3) is 0.940. The Hall–Kier alpha value is -1.53. The maximum atomic E-state index is 13.4. The number of aliphatic hydroxyl groups is 8. The van der Waals surface area contributed by atoms with Crippen LogP contribution >= 0.6 is 0 Å². The predicted octanol–water partition coefficient (Wildman–Crippen LogP) is 19.8. The van der Waals surface area contributed by atoms with E-state index in [0.717, 1.165) is 32.1 Å². The minimum Gasteiger partial charge on any atom is -0.394 e. The van der Waals surface area contributed by atoms with Crippen molar-refractivity contribution < 1.29 is 64.6 Å². The lowest BCUT2D eigenvalue weighted by molar-refractivity contribution is -0.359. The summed E-state index contributed by atoms with van der Waals surface area (Å²) in [6.45, 7) is 2.86. The van der Waals surface area contributed by atoms with Crippen LogP contribution in [0.25, 0.3) is 0 Å². The third-order valence-electron chi connectivity index (χ3n) is 21.1. The second kappa shape index (κ2) is 68.6. The van der Waals surface area contributed by atoms with Crippen LogP contribution in [0.4, 0.5) is 0 Å². The molecular formula is C84H161NO13. The van der Waals surface area contributed by atoms with Gasteiger partial charge in [-0.25, -0.2) is 0 Å². The molecule has 0 aliphatic carbocycles. The summed E-state index contributed by atoms with van der Waals surface area (Å²) in [7, 11) is 0. The van der Waals surface area contributed by atoms with E-state index >= 15 is 0 Å². The highest BCUT2D eigenvalue weighted by molar-refractivity contribution is 5.76. The van der Waals surface area contributed by atoms with Gasteiger partial charge < -0.3 is 65.1 Å². The van der Waals surface area contributed by atoms with E-state index in [-0.39, 0.29) is 18.9 Å². The van der Waals surface area contributed by atoms with Crippen LogP contribution in [-0.4, -0.2) is 140 Å². The quantitative estimate of drug-likeness (QED) is 0.0204. The molecule has 2 aliphatic rings. The second-order valence-electron chi connectivity index (χ2n) is 30.3. The summed E-state index contributed by atoms with van der Waals surface area (Å²) in [5.74, 6) is -0.239. The van der Waals surface area contributed by atoms with Crippen molar-refractivity contribution in [1.82, 2.24) is 5.32 Å². The number of allylic oxidation sites excluding steroid dienone is 3. The Morgan fingerprint density at radius 2 is 0.653 bits per heavy atom. The van der Waals surface area contributed by atoms with Gasteiger partial charge >= 0.3 is 0 Å². The van der Waals surface area contributed by atoms with Gasteiger partial charge in [-0.2, -0.15) is 0 Å². The minimum atomic E-state index is -1.79. The highest BCUT2D eigenvalue weighted by Crippen LogP contribution is 2.31. The van der Waals surface area contributed by atoms with Crippen molar-refractivity contribution in [2.75, 3.05) is 19.8 Å². The molecule has 0 aromatic rings. The van der Waals surface area contributed by atoms with Crippen LogP contribution in [-0.2, 0) is 23.7 Å². The summed E-state index contributed by atoms with van der Waals surface area (Å²) in [5.41, 5.74) is 0. The lowest BCUT2D eigenvalue weighted by Gasteiger charge is -2.46. The molecule has 1 amide bonds. The van der Waals surface area contributed by atoms with Crippen molar-refractivity contribution in [2.45, 2.75) is 485 Å². The molecule has 98 heavy (non-hydrogen) atoms. The zero-order chi connectivity index (χ0) is 70.8. The van der Waals surface area contributed by atoms with E-state index in [1.807, 2.05) is 6.08 Å². The van der Waals surface area contributed by atoms with Crippen molar-refractivity contribution in [3.05, 3.63) is 24.3 Å². The first-order valence-electron chi connectivity index (χ1n) is 42.6. The molecular weight excluding hydrogens is 1230 g/mol. The molecule has 2 heterocycles. The van der Waals surface area contributed by atoms with Crippen molar-refractivity contribution >= 4 is 5.91 Å². The summed E-state index contributed by atoms with van der Waals surface area (Å²) in [6.07, 6.45) is 73.0. The number of carbonyl (C=O) groups excluding carboxylic acids is 1. The lowest BCUT2D eigenvalue weighted by atomic mass is 9.97. The molecule has 2 aliphatic heterocycles. The third kappa shape index (κ3) is 50.8. The van der Waals surface area contributed by atoms with Gasteiger partial charge in [-0.05, 0) is 32.1 Å². The van der Waals surface area contributed by atoms with Crippen LogP contribution < -0.4 is 5.32 Å². The largest absolute Gasteiger partial charge is 0.394 e. The van der Waals surface area contributed by atoms with Crippen molar-refractivity contribution in [3.8, 4) is 0 Å². The maximum absolute atomic E-state index is 13.4. The van der Waals surface area contributed by atoms with Crippen LogP contribution in [0.3, 0.4) is 0 Å². The summed E-state index contributed by atoms with van der Waals surface area (Å²) >= 11 is 0. The summed E-state index contributed by atoms with van der Waals surface area (Å²) in [5, 5.41) is 87.7. The minimum absolute atomic E-state index is 0.239. The van der Waals surface area contributed by atoms with Gasteiger partial charge in [0, 0.05) is 6.42 Å². The second-order valence-corrected chi connectivity index (χ2v) is 30.3. The molecule has 14 nitrogen and oxygen atoms in total. The Morgan fingerprint density at radius 1 is 0.357 bits per heavy atom. The fourth-order valence-corrected chi connectivity index (χ4v) is 14.4. The lowest BCUT2D eigenvalue weighted by Crippen LogP contribution is -2.65. The summed E-state index contributed by atoms with van der Waals surface area (Å²) in [4.78, 5) is 13.4. The number of ether oxygens (including phenoxy) is 4. The van der Waals surface area contributed by atoms with Crippen LogP contribution in [0.2, 0.25) is 0 Å². The molecule has 0 spiro atoms. The smallest absolute Gasteiger partial charge is 0.220 e. The van der Waals surface area contributed by atoms with E-state index in [1.54, 1.807) is 6.08 Å². The number of aliphatic hydroxyl groups excluding tert-OH is 8. The monoisotopic (exact) mass is 1390 g/mol. The van der Waals surface area contributed by atoms with Crippen LogP contribution in [0.5, 0.6) is 0 Å². The van der Waals surface area contributed by atoms with Crippen molar-refractivity contribution in [2.24, 2.45) is 0 Å². The zero-order valence-electron chi connectivity index (χ0n) is 63.8. The Labute approximate surface area is 602 Å². The fourth-order valence-electron chi connectivity index (χ4n) is 14.4. The van der Waals surface area contributed by atoms with Crippen molar-refractivity contribution in [1.29, 1.82) is 0 Å². The molecule has 580 valence electrons. The first-order chi connectivity index (χ1) is 48.1. The normalized spacial score (nSPS) is 22.1. The first-order valence-corrected chi connectivity index (χ1v) is 42.6. The molecule has 9 N–H and O–H groups in total. The molecule has 0 radical (unpaired) electrons. The van der Waals surface area contributed by atoms with E-state index in [0.29, 0.717) is 12.8 Å². The van der Waals surface area contributed by atoms with Gasteiger partial charge in [-0.15, -0.1) is 0 Å². The van der Waals surface area contributed by atoms with E-state index in [2.05, 4.69) is 31.3 Å². The zero-order valence-corrected chi connectivity index (χ0v) is 63.8. The molecule has 0 aromatic heterocycles. The van der Waals surface area contributed by atoms with E-state index in [9.17, 15) is 45.6 Å². The SMILES string of the molecule is CCCCCCCCCCCCCCCCCCCCCCC/C=C/CC/C=C/C(O)C(COC1OC(CO)C(OC2OC(CO)C(O)C(O)C2O)C(O)C1O)NC(=O)CCCCCCCCCCCCCCCCCCCCCCCCCCCCCCCCCCCCCCC. The highest BCUT2D eigenvalue weighted by Gasteiger charge is 2.51. The maximum Gasteiger partial charge on any atom is 0.220 e. The molecule has 2 fully saturated rings. The number of carbonyl (C=O) groups is 1. The molecule has 14 heteroatoms. The Balaban J connectivity index is 1.58. The topological polar surface area (TPSA) is 228 Å². The van der Waals surface area contributed by atoms with Gasteiger partial charge in [0.2, 0.25) is 5.91 Å². The van der Waals surface area contributed by atoms with Gasteiger partial charge in [-0.1, -0.05) is 398 Å². The summed E-state index contributed by atoms with van der Waals surface area (Å²) < 4.78 is 22.9. The third-order valence-corrected chi connectivity index (χ3v) is 21.1. The van der Waals surface area contributed by atoms with Crippen molar-refractivity contribution in [3.63, 3.8) is 0 Å². The molecule has 0 bridgehead atoms. The molecule has 12 unspecified atom stereocenters. The predicted molar refractivity (Wildman–Crippen MR) is 406 cm³/mol. The highest BCUT2D eigenvalue weighted by atomic mass is 16.7. The average Bonchev–Trinajstić information content (AvgIpc) is 0.793. The Morgan fingerprint density at radius 3 is 1.00 bits per heavy atom. The number of unbranched alkanes of at least 4 members (excludes halogenated alkanes) is 58. The van der Waals surface area contributed by atoms with Gasteiger partial charge in [-0.3, -0.25) is 4.79 Å². The van der Waals surface area contributed by atoms with Crippen LogP contribution in [0.15, 0.2) is 24.3 Å².